The van der Waals surface area contributed by atoms with Crippen LogP contribution < -0.4 is 20.1 Å². The SMILES string of the molecule is CCOC(=O)COc1c2c(c(OCC(O)OCC)c3c1S/C(=C1/C(=O)NC(=S)N=C1CC)S3)S/C(=C1/C(=O)NC(=S)N=C1CC)S2. The van der Waals surface area contributed by atoms with Gasteiger partial charge in [0.25, 0.3) is 11.8 Å². The number of nitrogens with one attached hydrogen (secondary N) is 2. The zero-order valence-electron chi connectivity index (χ0n) is 25.0. The monoisotopic (exact) mass is 740 g/mol. The Bertz CT molecular complexity index is 1570. The lowest BCUT2D eigenvalue weighted by Gasteiger charge is -2.19. The highest BCUT2D eigenvalue weighted by Crippen LogP contribution is 2.68. The number of hydrogen-bond donors (Lipinski definition) is 3. The molecule has 3 N–H and O–H groups in total. The van der Waals surface area contributed by atoms with Crippen LogP contribution >= 0.6 is 71.5 Å². The van der Waals surface area contributed by atoms with Crippen LogP contribution in [-0.2, 0) is 23.9 Å². The quantitative estimate of drug-likeness (QED) is 0.124. The van der Waals surface area contributed by atoms with E-state index in [1.165, 1.54) is 47.0 Å². The van der Waals surface area contributed by atoms with Gasteiger partial charge in [0.15, 0.2) is 28.9 Å². The van der Waals surface area contributed by atoms with Crippen molar-refractivity contribution in [2.24, 2.45) is 9.98 Å². The Morgan fingerprint density at radius 1 is 0.783 bits per heavy atom. The minimum atomic E-state index is -1.21. The summed E-state index contributed by atoms with van der Waals surface area (Å²) < 4.78 is 24.1. The first-order valence-corrected chi connectivity index (χ1v) is 18.2. The van der Waals surface area contributed by atoms with Gasteiger partial charge in [0.2, 0.25) is 0 Å². The second kappa shape index (κ2) is 15.2. The molecule has 46 heavy (non-hydrogen) atoms. The Kier molecular flexibility index (Phi) is 11.5. The average Bonchev–Trinajstić information content (AvgIpc) is 3.63. The zero-order chi connectivity index (χ0) is 33.1. The highest BCUT2D eigenvalue weighted by atomic mass is 32.2. The summed E-state index contributed by atoms with van der Waals surface area (Å²) in [5, 5.41) is 15.8. The fraction of sp³-hybridized carbons (Fsp3) is 0.393. The number of aliphatic hydroxyl groups excluding tert-OH is 1. The van der Waals surface area contributed by atoms with E-state index in [-0.39, 0.29) is 48.5 Å². The topological polar surface area (TPSA) is 157 Å². The number of fused-ring (bicyclic) bond motifs is 2. The molecular weight excluding hydrogens is 713 g/mol. The molecule has 4 aliphatic heterocycles. The summed E-state index contributed by atoms with van der Waals surface area (Å²) in [6.45, 7) is 7.10. The zero-order valence-corrected chi connectivity index (χ0v) is 29.9. The molecule has 4 aliphatic rings. The molecule has 0 fully saturated rings. The first-order chi connectivity index (χ1) is 22.1. The molecule has 4 heterocycles. The summed E-state index contributed by atoms with van der Waals surface area (Å²) >= 11 is 15.4. The predicted octanol–water partition coefficient (Wildman–Crippen LogP) is 4.71. The van der Waals surface area contributed by atoms with Crippen LogP contribution in [0.25, 0.3) is 0 Å². The fourth-order valence-corrected chi connectivity index (χ4v) is 10.6. The predicted molar refractivity (Wildman–Crippen MR) is 186 cm³/mol. The summed E-state index contributed by atoms with van der Waals surface area (Å²) in [7, 11) is 0. The Morgan fingerprint density at radius 3 is 1.65 bits per heavy atom. The molecule has 1 atom stereocenters. The number of nitrogens with zero attached hydrogens (tertiary/aromatic N) is 2. The number of thiocarbonyl (C=S) groups is 2. The Hall–Kier alpha value is -2.45. The molecule has 2 amide bonds. The Morgan fingerprint density at radius 2 is 1.24 bits per heavy atom. The van der Waals surface area contributed by atoms with Crippen molar-refractivity contribution in [3.05, 3.63) is 19.6 Å². The van der Waals surface area contributed by atoms with Crippen LogP contribution in [0.15, 0.2) is 49.2 Å². The number of rotatable bonds is 11. The van der Waals surface area contributed by atoms with Gasteiger partial charge in [-0.1, -0.05) is 60.9 Å². The molecule has 0 aliphatic carbocycles. The molecule has 18 heteroatoms. The number of carbonyl (C=O) groups excluding carboxylic acids is 3. The summed E-state index contributed by atoms with van der Waals surface area (Å²) in [5.41, 5.74) is 1.83. The van der Waals surface area contributed by atoms with Gasteiger partial charge in [-0.15, -0.1) is 0 Å². The van der Waals surface area contributed by atoms with E-state index in [0.717, 1.165) is 0 Å². The molecule has 0 radical (unpaired) electrons. The van der Waals surface area contributed by atoms with E-state index in [1.54, 1.807) is 13.8 Å². The number of amides is 2. The fourth-order valence-electron chi connectivity index (χ4n) is 4.52. The molecule has 1 unspecified atom stereocenters. The van der Waals surface area contributed by atoms with E-state index < -0.39 is 12.3 Å². The van der Waals surface area contributed by atoms with Gasteiger partial charge in [-0.05, 0) is 51.1 Å². The van der Waals surface area contributed by atoms with Gasteiger partial charge >= 0.3 is 5.97 Å². The van der Waals surface area contributed by atoms with Crippen molar-refractivity contribution < 1.29 is 38.4 Å². The number of ether oxygens (including phenoxy) is 4. The van der Waals surface area contributed by atoms with Crippen LogP contribution in [0.1, 0.15) is 40.5 Å². The second-order valence-electron chi connectivity index (χ2n) is 9.37. The minimum absolute atomic E-state index is 0.0962. The number of esters is 1. The van der Waals surface area contributed by atoms with Gasteiger partial charge in [-0.3, -0.25) is 20.2 Å². The maximum atomic E-state index is 13.2. The summed E-state index contributed by atoms with van der Waals surface area (Å²) in [6, 6.07) is 0. The summed E-state index contributed by atoms with van der Waals surface area (Å²) in [4.78, 5) is 49.9. The van der Waals surface area contributed by atoms with Crippen molar-refractivity contribution >= 4 is 111 Å². The van der Waals surface area contributed by atoms with Gasteiger partial charge in [-0.2, -0.15) is 0 Å². The molecule has 1 aromatic rings. The van der Waals surface area contributed by atoms with E-state index >= 15 is 0 Å². The first kappa shape index (κ1) is 34.9. The third kappa shape index (κ3) is 7.18. The molecule has 5 rings (SSSR count). The first-order valence-electron chi connectivity index (χ1n) is 14.1. The highest BCUT2D eigenvalue weighted by molar-refractivity contribution is 8.26. The number of aliphatic hydroxyl groups is 1. The van der Waals surface area contributed by atoms with Crippen molar-refractivity contribution in [1.29, 1.82) is 0 Å². The number of aliphatic imine (C=N–C) groups is 2. The molecule has 0 saturated carbocycles. The van der Waals surface area contributed by atoms with Gasteiger partial charge in [-0.25, -0.2) is 14.8 Å². The Balaban J connectivity index is 1.69. The molecule has 0 bridgehead atoms. The van der Waals surface area contributed by atoms with Gasteiger partial charge < -0.3 is 24.1 Å². The molecule has 0 saturated heterocycles. The van der Waals surface area contributed by atoms with Crippen LogP contribution in [-0.4, -0.2) is 77.3 Å². The smallest absolute Gasteiger partial charge is 0.344 e. The minimum Gasteiger partial charge on any atom is -0.486 e. The largest absolute Gasteiger partial charge is 0.486 e. The van der Waals surface area contributed by atoms with E-state index in [4.69, 9.17) is 43.4 Å². The van der Waals surface area contributed by atoms with E-state index in [9.17, 15) is 19.5 Å². The van der Waals surface area contributed by atoms with Crippen LogP contribution in [0.4, 0.5) is 0 Å². The van der Waals surface area contributed by atoms with Gasteiger partial charge in [0, 0.05) is 6.61 Å². The third-order valence-corrected chi connectivity index (χ3v) is 12.0. The molecule has 244 valence electrons. The van der Waals surface area contributed by atoms with E-state index in [1.807, 2.05) is 13.8 Å². The van der Waals surface area contributed by atoms with Crippen molar-refractivity contribution in [1.82, 2.24) is 10.6 Å². The number of thioether (sulfide) groups is 4. The van der Waals surface area contributed by atoms with Gasteiger partial charge in [0.05, 0.1) is 57.2 Å². The van der Waals surface area contributed by atoms with E-state index in [2.05, 4.69) is 20.6 Å². The summed E-state index contributed by atoms with van der Waals surface area (Å²) in [5.74, 6) is -0.551. The van der Waals surface area contributed by atoms with Crippen molar-refractivity contribution in [2.45, 2.75) is 66.4 Å². The number of carbonyl (C=O) groups is 3. The molecule has 12 nitrogen and oxygen atoms in total. The molecule has 0 aromatic heterocycles. The molecule has 1 aromatic carbocycles. The van der Waals surface area contributed by atoms with Gasteiger partial charge in [0.1, 0.15) is 12.4 Å². The maximum Gasteiger partial charge on any atom is 0.344 e. The van der Waals surface area contributed by atoms with Crippen LogP contribution in [0, 0.1) is 0 Å². The standard InChI is InChI=1S/C28H28N4O8S6/c1-5-11-15(23(35)31-27(41)29-11)25-43-19-17(39-9-13(33)37-7-3)21-22(18(20(19)44-25)40-10-14(34)38-8-4)46-26(45-21)16-12(6-2)30-28(42)32-24(16)36/h13,33H,5-10H2,1-4H3,(H,31,35,41)(H,32,36,42)/b25-15-,26-16+. The average molecular weight is 741 g/mol. The van der Waals surface area contributed by atoms with Crippen LogP contribution in [0.3, 0.4) is 0 Å². The molecule has 0 spiro atoms. The highest BCUT2D eigenvalue weighted by Gasteiger charge is 2.41. The third-order valence-electron chi connectivity index (χ3n) is 6.41. The van der Waals surface area contributed by atoms with Crippen LogP contribution in [0.2, 0.25) is 0 Å². The van der Waals surface area contributed by atoms with E-state index in [0.29, 0.717) is 75.0 Å². The second-order valence-corrected chi connectivity index (χ2v) is 14.7. The molecular formula is C28H28N4O8S6. The van der Waals surface area contributed by atoms with Crippen molar-refractivity contribution in [3.8, 4) is 11.5 Å². The number of benzene rings is 1. The van der Waals surface area contributed by atoms with Crippen molar-refractivity contribution in [3.63, 3.8) is 0 Å². The lowest BCUT2D eigenvalue weighted by molar-refractivity contribution is -0.145. The summed E-state index contributed by atoms with van der Waals surface area (Å²) in [6.07, 6.45) is -0.282. The lowest BCUT2D eigenvalue weighted by atomic mass is 10.1. The normalized spacial score (nSPS) is 21.2. The Labute approximate surface area is 292 Å². The maximum absolute atomic E-state index is 13.2. The van der Waals surface area contributed by atoms with Crippen LogP contribution in [0.5, 0.6) is 11.5 Å². The number of hydrogen-bond acceptors (Lipinski definition) is 14. The van der Waals surface area contributed by atoms with Crippen molar-refractivity contribution in [2.75, 3.05) is 26.4 Å². The lowest BCUT2D eigenvalue weighted by Crippen LogP contribution is -2.37.